The minimum Gasteiger partial charge on any atom is -0.478 e. The van der Waals surface area contributed by atoms with E-state index in [4.69, 9.17) is 28.9 Å². The van der Waals surface area contributed by atoms with Crippen molar-refractivity contribution in [1.29, 1.82) is 0 Å². The van der Waals surface area contributed by atoms with Crippen molar-refractivity contribution in [1.82, 2.24) is 5.32 Å². The number of halogens is 1. The second-order valence-corrected chi connectivity index (χ2v) is 5.75. The van der Waals surface area contributed by atoms with E-state index in [0.29, 0.717) is 21.9 Å². The number of carbonyl (C=O) groups is 1. The van der Waals surface area contributed by atoms with E-state index in [2.05, 4.69) is 10.6 Å². The molecule has 0 unspecified atom stereocenters. The summed E-state index contributed by atoms with van der Waals surface area (Å²) >= 11 is 11.3. The summed E-state index contributed by atoms with van der Waals surface area (Å²) < 4.78 is 0. The van der Waals surface area contributed by atoms with E-state index in [0.717, 1.165) is 12.8 Å². The first-order chi connectivity index (χ1) is 9.56. The Labute approximate surface area is 128 Å². The number of anilines is 1. The first-order valence-corrected chi connectivity index (χ1v) is 7.45. The summed E-state index contributed by atoms with van der Waals surface area (Å²) in [6, 6.07) is 4.90. The van der Waals surface area contributed by atoms with Gasteiger partial charge in [0.1, 0.15) is 0 Å². The van der Waals surface area contributed by atoms with Gasteiger partial charge in [0, 0.05) is 6.04 Å². The standard InChI is InChI=1S/C14H17ClN2O2S/c15-11-7-6-9(13(18)19)8-12(11)17-14(20)16-10-4-2-1-3-5-10/h6-8,10H,1-5H2,(H,18,19)(H2,16,17,20). The number of benzene rings is 1. The SMILES string of the molecule is O=C(O)c1ccc(Cl)c(NC(=S)NC2CCCCC2)c1. The Balaban J connectivity index is 1.99. The fourth-order valence-corrected chi connectivity index (χ4v) is 2.79. The van der Waals surface area contributed by atoms with Crippen LogP contribution in [0.3, 0.4) is 0 Å². The maximum Gasteiger partial charge on any atom is 0.335 e. The van der Waals surface area contributed by atoms with Crippen molar-refractivity contribution in [3.63, 3.8) is 0 Å². The molecule has 6 heteroatoms. The average molecular weight is 313 g/mol. The van der Waals surface area contributed by atoms with Crippen molar-refractivity contribution in [2.45, 2.75) is 38.1 Å². The predicted molar refractivity (Wildman–Crippen MR) is 84.6 cm³/mol. The lowest BCUT2D eigenvalue weighted by molar-refractivity contribution is 0.0697. The van der Waals surface area contributed by atoms with Crippen LogP contribution < -0.4 is 10.6 Å². The molecule has 4 nitrogen and oxygen atoms in total. The highest BCUT2D eigenvalue weighted by molar-refractivity contribution is 7.80. The number of rotatable bonds is 3. The lowest BCUT2D eigenvalue weighted by atomic mass is 9.96. The third-order valence-electron chi connectivity index (χ3n) is 3.40. The molecular formula is C14H17ClN2O2S. The van der Waals surface area contributed by atoms with Gasteiger partial charge in [-0.15, -0.1) is 0 Å². The highest BCUT2D eigenvalue weighted by atomic mass is 35.5. The van der Waals surface area contributed by atoms with Crippen LogP contribution in [-0.2, 0) is 0 Å². The van der Waals surface area contributed by atoms with Gasteiger partial charge in [0.05, 0.1) is 16.3 Å². The molecule has 1 aliphatic carbocycles. The van der Waals surface area contributed by atoms with Crippen LogP contribution in [0.4, 0.5) is 5.69 Å². The molecule has 20 heavy (non-hydrogen) atoms. The molecule has 0 heterocycles. The fraction of sp³-hybridized carbons (Fsp3) is 0.429. The number of carboxylic acid groups (broad SMARTS) is 1. The Hall–Kier alpha value is -1.33. The maximum absolute atomic E-state index is 10.9. The Morgan fingerprint density at radius 1 is 1.30 bits per heavy atom. The van der Waals surface area contributed by atoms with Crippen molar-refractivity contribution in [2.24, 2.45) is 0 Å². The third-order valence-corrected chi connectivity index (χ3v) is 3.95. The summed E-state index contributed by atoms with van der Waals surface area (Å²) in [6.07, 6.45) is 5.95. The van der Waals surface area contributed by atoms with E-state index >= 15 is 0 Å². The number of thiocarbonyl (C=S) groups is 1. The Morgan fingerprint density at radius 2 is 2.00 bits per heavy atom. The van der Waals surface area contributed by atoms with E-state index in [1.165, 1.54) is 31.4 Å². The molecule has 108 valence electrons. The minimum absolute atomic E-state index is 0.178. The smallest absolute Gasteiger partial charge is 0.335 e. The summed E-state index contributed by atoms with van der Waals surface area (Å²) in [5, 5.41) is 16.1. The maximum atomic E-state index is 10.9. The fourth-order valence-electron chi connectivity index (χ4n) is 2.34. The molecule has 0 atom stereocenters. The van der Waals surface area contributed by atoms with Gasteiger partial charge >= 0.3 is 5.97 Å². The van der Waals surface area contributed by atoms with Gasteiger partial charge in [0.25, 0.3) is 0 Å². The summed E-state index contributed by atoms with van der Waals surface area (Å²) in [4.78, 5) is 10.9. The summed E-state index contributed by atoms with van der Waals surface area (Å²) in [7, 11) is 0. The zero-order valence-electron chi connectivity index (χ0n) is 11.0. The molecule has 0 aromatic heterocycles. The lowest BCUT2D eigenvalue weighted by Gasteiger charge is -2.24. The van der Waals surface area contributed by atoms with Crippen molar-refractivity contribution in [3.05, 3.63) is 28.8 Å². The van der Waals surface area contributed by atoms with Gasteiger partial charge in [-0.2, -0.15) is 0 Å². The second kappa shape index (κ2) is 6.90. The summed E-state index contributed by atoms with van der Waals surface area (Å²) in [5.74, 6) is -0.990. The predicted octanol–water partition coefficient (Wildman–Crippen LogP) is 3.66. The van der Waals surface area contributed by atoms with Crippen molar-refractivity contribution in [2.75, 3.05) is 5.32 Å². The summed E-state index contributed by atoms with van der Waals surface area (Å²) in [6.45, 7) is 0. The van der Waals surface area contributed by atoms with Gasteiger partial charge < -0.3 is 15.7 Å². The van der Waals surface area contributed by atoms with Crippen LogP contribution in [0.25, 0.3) is 0 Å². The molecule has 1 aromatic rings. The van der Waals surface area contributed by atoms with Gasteiger partial charge in [0.2, 0.25) is 0 Å². The molecule has 1 saturated carbocycles. The van der Waals surface area contributed by atoms with E-state index in [1.54, 1.807) is 6.07 Å². The highest BCUT2D eigenvalue weighted by Gasteiger charge is 2.15. The van der Waals surface area contributed by atoms with Crippen LogP contribution in [0.15, 0.2) is 18.2 Å². The molecule has 2 rings (SSSR count). The summed E-state index contributed by atoms with van der Waals surface area (Å²) in [5.41, 5.74) is 0.692. The Kier molecular flexibility index (Phi) is 5.20. The van der Waals surface area contributed by atoms with Crippen LogP contribution in [0.5, 0.6) is 0 Å². The highest BCUT2D eigenvalue weighted by Crippen LogP contribution is 2.23. The number of aromatic carboxylic acids is 1. The number of carboxylic acids is 1. The molecule has 0 aliphatic heterocycles. The van der Waals surface area contributed by atoms with Crippen LogP contribution >= 0.6 is 23.8 Å². The molecule has 3 N–H and O–H groups in total. The third kappa shape index (κ3) is 4.08. The van der Waals surface area contributed by atoms with Gasteiger partial charge in [-0.3, -0.25) is 0 Å². The van der Waals surface area contributed by atoms with E-state index in [9.17, 15) is 4.79 Å². The number of nitrogens with one attached hydrogen (secondary N) is 2. The topological polar surface area (TPSA) is 61.4 Å². The van der Waals surface area contributed by atoms with Crippen molar-refractivity contribution < 1.29 is 9.90 Å². The van der Waals surface area contributed by atoms with Gasteiger partial charge in [-0.25, -0.2) is 4.79 Å². The zero-order valence-corrected chi connectivity index (χ0v) is 12.6. The molecule has 0 amide bonds. The zero-order chi connectivity index (χ0) is 14.5. The molecule has 0 saturated heterocycles. The first kappa shape index (κ1) is 15.1. The molecular weight excluding hydrogens is 296 g/mol. The van der Waals surface area contributed by atoms with Crippen LogP contribution in [0, 0.1) is 0 Å². The van der Waals surface area contributed by atoms with Crippen LogP contribution in [0.2, 0.25) is 5.02 Å². The minimum atomic E-state index is -0.990. The molecule has 1 aromatic carbocycles. The second-order valence-electron chi connectivity index (χ2n) is 4.93. The Bertz CT molecular complexity index is 516. The van der Waals surface area contributed by atoms with Crippen molar-refractivity contribution >= 4 is 40.6 Å². The van der Waals surface area contributed by atoms with E-state index in [1.807, 2.05) is 0 Å². The van der Waals surface area contributed by atoms with Gasteiger partial charge in [-0.05, 0) is 43.3 Å². The molecule has 0 bridgehead atoms. The van der Waals surface area contributed by atoms with Gasteiger partial charge in [0.15, 0.2) is 5.11 Å². The lowest BCUT2D eigenvalue weighted by Crippen LogP contribution is -2.38. The molecule has 0 spiro atoms. The number of hydrogen-bond donors (Lipinski definition) is 3. The van der Waals surface area contributed by atoms with E-state index in [-0.39, 0.29) is 5.56 Å². The largest absolute Gasteiger partial charge is 0.478 e. The monoisotopic (exact) mass is 312 g/mol. The average Bonchev–Trinajstić information content (AvgIpc) is 2.42. The van der Waals surface area contributed by atoms with E-state index < -0.39 is 5.97 Å². The molecule has 0 radical (unpaired) electrons. The quantitative estimate of drug-likeness (QED) is 0.744. The number of hydrogen-bond acceptors (Lipinski definition) is 2. The van der Waals surface area contributed by atoms with Crippen LogP contribution in [0.1, 0.15) is 42.5 Å². The Morgan fingerprint density at radius 3 is 2.65 bits per heavy atom. The van der Waals surface area contributed by atoms with Crippen molar-refractivity contribution in [3.8, 4) is 0 Å². The molecule has 1 aliphatic rings. The van der Waals surface area contributed by atoms with Gasteiger partial charge in [-0.1, -0.05) is 30.9 Å². The molecule has 1 fully saturated rings. The van der Waals surface area contributed by atoms with Crippen LogP contribution in [-0.4, -0.2) is 22.2 Å². The normalized spacial score (nSPS) is 15.7. The first-order valence-electron chi connectivity index (χ1n) is 6.66.